The topological polar surface area (TPSA) is 98.7 Å². The van der Waals surface area contributed by atoms with Crippen LogP contribution in [0.2, 0.25) is 30.1 Å². The van der Waals surface area contributed by atoms with E-state index in [1.807, 2.05) is 0 Å². The first-order valence-electron chi connectivity index (χ1n) is 6.95. The van der Waals surface area contributed by atoms with Crippen LogP contribution in [0.4, 0.5) is 0 Å². The SMILES string of the molecule is O=C([O-])COc1cc(Cl)c(Cl)cc1Cl.O=C([O-])COc1cc(Cl)c(Cl)cc1Cl.[Ca+2]. The number of benzene rings is 2. The first kappa shape index (κ1) is 29.0. The summed E-state index contributed by atoms with van der Waals surface area (Å²) in [5, 5.41) is 21.6. The van der Waals surface area contributed by atoms with Crippen LogP contribution in [0.3, 0.4) is 0 Å². The molecule has 0 atom stereocenters. The molecular formula is C16H8CaCl6O6. The van der Waals surface area contributed by atoms with Crippen LogP contribution >= 0.6 is 69.6 Å². The van der Waals surface area contributed by atoms with E-state index in [0.717, 1.165) is 0 Å². The Morgan fingerprint density at radius 3 is 1.17 bits per heavy atom. The van der Waals surface area contributed by atoms with E-state index in [0.29, 0.717) is 0 Å². The smallest absolute Gasteiger partial charge is 0.546 e. The fourth-order valence-corrected chi connectivity index (χ4v) is 2.69. The molecule has 0 fully saturated rings. The molecule has 0 aliphatic rings. The van der Waals surface area contributed by atoms with Crippen molar-refractivity contribution in [2.45, 2.75) is 0 Å². The first-order valence-corrected chi connectivity index (χ1v) is 9.22. The molecule has 0 bridgehead atoms. The summed E-state index contributed by atoms with van der Waals surface area (Å²) in [4.78, 5) is 20.2. The van der Waals surface area contributed by atoms with Gasteiger partial charge in [-0.3, -0.25) is 0 Å². The molecule has 0 aliphatic carbocycles. The fraction of sp³-hybridized carbons (Fsp3) is 0.125. The average Bonchev–Trinajstić information content (AvgIpc) is 2.59. The third kappa shape index (κ3) is 10.7. The maximum absolute atomic E-state index is 10.1. The van der Waals surface area contributed by atoms with Crippen LogP contribution in [-0.4, -0.2) is 62.9 Å². The number of carboxylic acid groups (broad SMARTS) is 2. The van der Waals surface area contributed by atoms with Gasteiger partial charge in [-0.25, -0.2) is 0 Å². The minimum absolute atomic E-state index is 0. The average molecular weight is 549 g/mol. The molecule has 0 heterocycles. The molecule has 0 spiro atoms. The third-order valence-electron chi connectivity index (χ3n) is 2.64. The number of hydrogen-bond acceptors (Lipinski definition) is 6. The van der Waals surface area contributed by atoms with Gasteiger partial charge < -0.3 is 29.3 Å². The maximum atomic E-state index is 10.1. The van der Waals surface area contributed by atoms with E-state index in [9.17, 15) is 19.8 Å². The van der Waals surface area contributed by atoms with E-state index in [-0.39, 0.29) is 79.4 Å². The second-order valence-corrected chi connectivity index (χ2v) is 7.16. The summed E-state index contributed by atoms with van der Waals surface area (Å²) in [7, 11) is 0. The Balaban J connectivity index is 0.000000523. The van der Waals surface area contributed by atoms with Gasteiger partial charge in [0.1, 0.15) is 24.7 Å². The zero-order chi connectivity index (χ0) is 21.4. The largest absolute Gasteiger partial charge is 2.00 e. The van der Waals surface area contributed by atoms with E-state index in [2.05, 4.69) is 0 Å². The van der Waals surface area contributed by atoms with Gasteiger partial charge in [0.25, 0.3) is 0 Å². The molecular weight excluding hydrogens is 541 g/mol. The van der Waals surface area contributed by atoms with Gasteiger partial charge in [-0.2, -0.15) is 0 Å². The number of halogens is 6. The molecule has 2 aromatic carbocycles. The second kappa shape index (κ2) is 14.1. The van der Waals surface area contributed by atoms with E-state index in [1.54, 1.807) is 0 Å². The van der Waals surface area contributed by atoms with Crippen molar-refractivity contribution in [3.63, 3.8) is 0 Å². The van der Waals surface area contributed by atoms with Crippen molar-refractivity contribution < 1.29 is 29.3 Å². The van der Waals surface area contributed by atoms with E-state index in [1.165, 1.54) is 24.3 Å². The third-order valence-corrected chi connectivity index (χ3v) is 4.68. The Labute approximate surface area is 225 Å². The van der Waals surface area contributed by atoms with Gasteiger partial charge in [0.15, 0.2) is 0 Å². The van der Waals surface area contributed by atoms with Gasteiger partial charge in [-0.05, 0) is 12.1 Å². The number of ether oxygens (including phenoxy) is 2. The molecule has 0 N–H and O–H groups in total. The summed E-state index contributed by atoms with van der Waals surface area (Å²) in [6.07, 6.45) is 0. The Morgan fingerprint density at radius 2 is 0.897 bits per heavy atom. The Bertz CT molecular complexity index is 808. The van der Waals surface area contributed by atoms with Crippen LogP contribution in [0.15, 0.2) is 24.3 Å². The van der Waals surface area contributed by atoms with Gasteiger partial charge >= 0.3 is 37.7 Å². The van der Waals surface area contributed by atoms with Crippen molar-refractivity contribution in [3.8, 4) is 11.5 Å². The molecule has 2 rings (SSSR count). The molecule has 0 amide bonds. The van der Waals surface area contributed by atoms with Crippen LogP contribution < -0.4 is 19.7 Å². The van der Waals surface area contributed by atoms with Crippen molar-refractivity contribution in [2.75, 3.05) is 13.2 Å². The second-order valence-electron chi connectivity index (χ2n) is 4.71. The number of rotatable bonds is 6. The predicted octanol–water partition coefficient (Wildman–Crippen LogP) is 3.17. The zero-order valence-electron chi connectivity index (χ0n) is 14.1. The summed E-state index contributed by atoms with van der Waals surface area (Å²) in [5.41, 5.74) is 0. The minimum Gasteiger partial charge on any atom is -0.546 e. The van der Waals surface area contributed by atoms with Gasteiger partial charge in [0.2, 0.25) is 0 Å². The number of aliphatic carboxylic acids is 2. The van der Waals surface area contributed by atoms with Crippen LogP contribution in [0.5, 0.6) is 11.5 Å². The number of carbonyl (C=O) groups is 2. The van der Waals surface area contributed by atoms with Crippen molar-refractivity contribution in [1.29, 1.82) is 0 Å². The monoisotopic (exact) mass is 546 g/mol. The molecule has 0 unspecified atom stereocenters. The first-order chi connectivity index (χ1) is 13.0. The van der Waals surface area contributed by atoms with Crippen LogP contribution in [0.25, 0.3) is 0 Å². The molecule has 0 saturated carbocycles. The summed E-state index contributed by atoms with van der Waals surface area (Å²) < 4.78 is 9.59. The summed E-state index contributed by atoms with van der Waals surface area (Å²) >= 11 is 34.0. The fourth-order valence-electron chi connectivity index (χ4n) is 1.50. The molecule has 152 valence electrons. The summed E-state index contributed by atoms with van der Waals surface area (Å²) in [6, 6.07) is 5.43. The molecule has 0 aliphatic heterocycles. The predicted molar refractivity (Wildman–Crippen MR) is 110 cm³/mol. The van der Waals surface area contributed by atoms with Crippen molar-refractivity contribution in [2.24, 2.45) is 0 Å². The summed E-state index contributed by atoms with van der Waals surface area (Å²) in [6.45, 7) is -1.17. The Morgan fingerprint density at radius 1 is 0.621 bits per heavy atom. The molecule has 29 heavy (non-hydrogen) atoms. The molecule has 13 heteroatoms. The quantitative estimate of drug-likeness (QED) is 0.406. The zero-order valence-corrected chi connectivity index (χ0v) is 20.9. The van der Waals surface area contributed by atoms with E-state index < -0.39 is 25.2 Å². The van der Waals surface area contributed by atoms with Gasteiger partial charge in [0, 0.05) is 12.1 Å². The van der Waals surface area contributed by atoms with Crippen molar-refractivity contribution >= 4 is 119 Å². The van der Waals surface area contributed by atoms with Gasteiger partial charge in [-0.15, -0.1) is 0 Å². The van der Waals surface area contributed by atoms with E-state index in [4.69, 9.17) is 79.1 Å². The number of carboxylic acids is 2. The van der Waals surface area contributed by atoms with Crippen LogP contribution in [0.1, 0.15) is 0 Å². The van der Waals surface area contributed by atoms with Gasteiger partial charge in [0.05, 0.1) is 42.1 Å². The molecule has 0 saturated heterocycles. The molecule has 2 aromatic rings. The minimum atomic E-state index is -1.34. The van der Waals surface area contributed by atoms with Crippen LogP contribution in [0, 0.1) is 0 Å². The molecule has 6 nitrogen and oxygen atoms in total. The summed E-state index contributed by atoms with van der Waals surface area (Å²) in [5.74, 6) is -2.37. The van der Waals surface area contributed by atoms with E-state index >= 15 is 0 Å². The van der Waals surface area contributed by atoms with Crippen molar-refractivity contribution in [3.05, 3.63) is 54.4 Å². The van der Waals surface area contributed by atoms with Gasteiger partial charge in [-0.1, -0.05) is 69.6 Å². The molecule has 0 radical (unpaired) electrons. The Hall–Kier alpha value is -0.0203. The van der Waals surface area contributed by atoms with Crippen LogP contribution in [-0.2, 0) is 9.59 Å². The normalized spacial score (nSPS) is 9.59. The maximum Gasteiger partial charge on any atom is 2.00 e. The number of carbonyl (C=O) groups excluding carboxylic acids is 2. The molecule has 0 aromatic heterocycles. The Kier molecular flexibility index (Phi) is 14.1. The standard InChI is InChI=1S/2C8H5Cl3O3.Ca/c2*9-4-1-6(11)7(2-5(4)10)14-3-8(12)13;/h2*1-2H,3H2,(H,12,13);/q;;+2/p-2. The van der Waals surface area contributed by atoms with Crippen molar-refractivity contribution in [1.82, 2.24) is 0 Å². The number of hydrogen-bond donors (Lipinski definition) is 0.